The van der Waals surface area contributed by atoms with Gasteiger partial charge < -0.3 is 10.1 Å². The standard InChI is InChI=1S/C11H13F3N2O/c1-17-8-5-7(6-8)15-10-4-2-3-9(16-10)11(12,13)14/h2-4,7-8H,5-6H2,1H3,(H,15,16). The third-order valence-electron chi connectivity index (χ3n) is 2.82. The summed E-state index contributed by atoms with van der Waals surface area (Å²) in [5.41, 5.74) is -0.870. The Kier molecular flexibility index (Phi) is 3.24. The van der Waals surface area contributed by atoms with E-state index in [-0.39, 0.29) is 18.0 Å². The van der Waals surface area contributed by atoms with Crippen molar-refractivity contribution in [2.24, 2.45) is 0 Å². The molecule has 0 bridgehead atoms. The molecule has 3 nitrogen and oxygen atoms in total. The van der Waals surface area contributed by atoms with Crippen molar-refractivity contribution in [3.05, 3.63) is 23.9 Å². The Morgan fingerprint density at radius 1 is 1.35 bits per heavy atom. The summed E-state index contributed by atoms with van der Waals surface area (Å²) < 4.78 is 42.3. The van der Waals surface area contributed by atoms with E-state index in [1.807, 2.05) is 0 Å². The van der Waals surface area contributed by atoms with Crippen molar-refractivity contribution >= 4 is 5.82 Å². The zero-order chi connectivity index (χ0) is 12.5. The molecule has 1 aliphatic rings. The summed E-state index contributed by atoms with van der Waals surface area (Å²) >= 11 is 0. The Morgan fingerprint density at radius 2 is 2.06 bits per heavy atom. The summed E-state index contributed by atoms with van der Waals surface area (Å²) in [6, 6.07) is 4.00. The summed E-state index contributed by atoms with van der Waals surface area (Å²) in [5, 5.41) is 2.96. The van der Waals surface area contributed by atoms with Crippen LogP contribution in [0.5, 0.6) is 0 Å². The third-order valence-corrected chi connectivity index (χ3v) is 2.82. The van der Waals surface area contributed by atoms with E-state index >= 15 is 0 Å². The van der Waals surface area contributed by atoms with Gasteiger partial charge in [-0.1, -0.05) is 6.07 Å². The first-order valence-electron chi connectivity index (χ1n) is 5.32. The second-order valence-electron chi connectivity index (χ2n) is 4.08. The quantitative estimate of drug-likeness (QED) is 0.890. The molecule has 0 radical (unpaired) electrons. The average molecular weight is 246 g/mol. The Balaban J connectivity index is 1.98. The highest BCUT2D eigenvalue weighted by Crippen LogP contribution is 2.30. The van der Waals surface area contributed by atoms with Crippen molar-refractivity contribution in [3.63, 3.8) is 0 Å². The number of halogens is 3. The number of ether oxygens (including phenoxy) is 1. The number of alkyl halides is 3. The van der Waals surface area contributed by atoms with Crippen molar-refractivity contribution < 1.29 is 17.9 Å². The monoisotopic (exact) mass is 246 g/mol. The molecule has 2 rings (SSSR count). The van der Waals surface area contributed by atoms with Crippen molar-refractivity contribution in [1.29, 1.82) is 0 Å². The SMILES string of the molecule is COC1CC(Nc2cccc(C(F)(F)F)n2)C1. The van der Waals surface area contributed by atoms with Crippen LogP contribution in [0.25, 0.3) is 0 Å². The van der Waals surface area contributed by atoms with E-state index in [2.05, 4.69) is 10.3 Å². The maximum atomic E-state index is 12.4. The van der Waals surface area contributed by atoms with Crippen molar-refractivity contribution in [2.75, 3.05) is 12.4 Å². The number of aromatic nitrogens is 1. The van der Waals surface area contributed by atoms with Gasteiger partial charge in [-0.25, -0.2) is 4.98 Å². The van der Waals surface area contributed by atoms with E-state index in [9.17, 15) is 13.2 Å². The number of methoxy groups -OCH3 is 1. The van der Waals surface area contributed by atoms with Crippen LogP contribution in [-0.4, -0.2) is 24.2 Å². The van der Waals surface area contributed by atoms with Crippen molar-refractivity contribution in [1.82, 2.24) is 4.98 Å². The second kappa shape index (κ2) is 4.52. The van der Waals surface area contributed by atoms with E-state index in [0.717, 1.165) is 18.9 Å². The molecule has 0 unspecified atom stereocenters. The van der Waals surface area contributed by atoms with Gasteiger partial charge in [0, 0.05) is 13.2 Å². The first-order valence-corrected chi connectivity index (χ1v) is 5.32. The summed E-state index contributed by atoms with van der Waals surface area (Å²) in [5.74, 6) is 0.263. The van der Waals surface area contributed by atoms with Gasteiger partial charge in [-0.3, -0.25) is 0 Å². The van der Waals surface area contributed by atoms with Crippen LogP contribution in [0.2, 0.25) is 0 Å². The van der Waals surface area contributed by atoms with Crippen LogP contribution in [0, 0.1) is 0 Å². The number of nitrogens with zero attached hydrogens (tertiary/aromatic N) is 1. The number of hydrogen-bond donors (Lipinski definition) is 1. The van der Waals surface area contributed by atoms with Crippen LogP contribution in [0.1, 0.15) is 18.5 Å². The first-order chi connectivity index (χ1) is 7.99. The number of anilines is 1. The third kappa shape index (κ3) is 2.88. The fourth-order valence-electron chi connectivity index (χ4n) is 1.76. The number of nitrogens with one attached hydrogen (secondary N) is 1. The summed E-state index contributed by atoms with van der Waals surface area (Å²) in [7, 11) is 1.63. The molecule has 1 N–H and O–H groups in total. The fraction of sp³-hybridized carbons (Fsp3) is 0.545. The predicted octanol–water partition coefficient (Wildman–Crippen LogP) is 2.69. The van der Waals surface area contributed by atoms with Gasteiger partial charge in [0.05, 0.1) is 6.10 Å². The van der Waals surface area contributed by atoms with E-state index < -0.39 is 11.9 Å². The fourth-order valence-corrected chi connectivity index (χ4v) is 1.76. The molecule has 0 spiro atoms. The zero-order valence-electron chi connectivity index (χ0n) is 9.29. The maximum absolute atomic E-state index is 12.4. The molecule has 1 fully saturated rings. The van der Waals surface area contributed by atoms with Crippen LogP contribution in [0.3, 0.4) is 0 Å². The van der Waals surface area contributed by atoms with E-state index in [1.54, 1.807) is 7.11 Å². The highest BCUT2D eigenvalue weighted by atomic mass is 19.4. The molecule has 0 amide bonds. The largest absolute Gasteiger partial charge is 0.433 e. The predicted molar refractivity (Wildman–Crippen MR) is 56.7 cm³/mol. The molecule has 1 aromatic heterocycles. The lowest BCUT2D eigenvalue weighted by atomic mass is 9.89. The number of rotatable bonds is 3. The molecule has 17 heavy (non-hydrogen) atoms. The molecular formula is C11H13F3N2O. The summed E-state index contributed by atoms with van der Waals surface area (Å²) in [4.78, 5) is 3.54. The van der Waals surface area contributed by atoms with Gasteiger partial charge in [0.15, 0.2) is 0 Å². The van der Waals surface area contributed by atoms with Crippen LogP contribution in [0.15, 0.2) is 18.2 Å². The highest BCUT2D eigenvalue weighted by Gasteiger charge is 2.33. The first kappa shape index (κ1) is 12.2. The summed E-state index contributed by atoms with van der Waals surface area (Å²) in [6.07, 6.45) is -2.59. The van der Waals surface area contributed by atoms with Gasteiger partial charge in [-0.15, -0.1) is 0 Å². The lowest BCUT2D eigenvalue weighted by Gasteiger charge is -2.34. The number of hydrogen-bond acceptors (Lipinski definition) is 3. The van der Waals surface area contributed by atoms with Crippen LogP contribution >= 0.6 is 0 Å². The Morgan fingerprint density at radius 3 is 2.65 bits per heavy atom. The Hall–Kier alpha value is -1.30. The Bertz CT molecular complexity index is 389. The Labute approximate surface area is 97.0 Å². The minimum Gasteiger partial charge on any atom is -0.381 e. The van der Waals surface area contributed by atoms with Crippen molar-refractivity contribution in [2.45, 2.75) is 31.2 Å². The second-order valence-corrected chi connectivity index (χ2v) is 4.08. The smallest absolute Gasteiger partial charge is 0.381 e. The molecule has 94 valence electrons. The molecule has 1 aromatic rings. The van der Waals surface area contributed by atoms with E-state index in [0.29, 0.717) is 0 Å². The van der Waals surface area contributed by atoms with Crippen LogP contribution in [-0.2, 0) is 10.9 Å². The van der Waals surface area contributed by atoms with E-state index in [4.69, 9.17) is 4.74 Å². The van der Waals surface area contributed by atoms with Crippen LogP contribution in [0.4, 0.5) is 19.0 Å². The molecule has 0 atom stereocenters. The minimum absolute atomic E-state index is 0.149. The zero-order valence-corrected chi connectivity index (χ0v) is 9.29. The average Bonchev–Trinajstić information content (AvgIpc) is 2.22. The number of pyridine rings is 1. The van der Waals surface area contributed by atoms with Gasteiger partial charge in [-0.2, -0.15) is 13.2 Å². The van der Waals surface area contributed by atoms with Crippen molar-refractivity contribution in [3.8, 4) is 0 Å². The molecule has 1 heterocycles. The molecule has 0 saturated heterocycles. The normalized spacial score (nSPS) is 24.2. The summed E-state index contributed by atoms with van der Waals surface area (Å²) in [6.45, 7) is 0. The van der Waals surface area contributed by atoms with Gasteiger partial charge in [-0.05, 0) is 25.0 Å². The lowest BCUT2D eigenvalue weighted by molar-refractivity contribution is -0.141. The van der Waals surface area contributed by atoms with Gasteiger partial charge in [0.2, 0.25) is 0 Å². The minimum atomic E-state index is -4.40. The molecule has 0 aliphatic heterocycles. The van der Waals surface area contributed by atoms with Gasteiger partial charge >= 0.3 is 6.18 Å². The molecule has 0 aromatic carbocycles. The molecule has 1 saturated carbocycles. The highest BCUT2D eigenvalue weighted by molar-refractivity contribution is 5.37. The molecule has 1 aliphatic carbocycles. The van der Waals surface area contributed by atoms with Gasteiger partial charge in [0.25, 0.3) is 0 Å². The van der Waals surface area contributed by atoms with Gasteiger partial charge in [0.1, 0.15) is 11.5 Å². The topological polar surface area (TPSA) is 34.1 Å². The molecule has 6 heteroatoms. The maximum Gasteiger partial charge on any atom is 0.433 e. The lowest BCUT2D eigenvalue weighted by Crippen LogP contribution is -2.40. The molecular weight excluding hydrogens is 233 g/mol. The van der Waals surface area contributed by atoms with E-state index in [1.165, 1.54) is 12.1 Å². The van der Waals surface area contributed by atoms with Crippen LogP contribution < -0.4 is 5.32 Å².